The molecule has 32 heavy (non-hydrogen) atoms. The van der Waals surface area contributed by atoms with Crippen LogP contribution in [0, 0.1) is 0 Å². The number of aryl methyl sites for hydroxylation is 1. The van der Waals surface area contributed by atoms with Crippen molar-refractivity contribution < 1.29 is 19.1 Å². The monoisotopic (exact) mass is 433 g/mol. The van der Waals surface area contributed by atoms with Crippen molar-refractivity contribution in [1.29, 1.82) is 0 Å². The number of nitrogens with zero attached hydrogens (tertiary/aromatic N) is 2. The molecular weight excluding hydrogens is 406 g/mol. The lowest BCUT2D eigenvalue weighted by Gasteiger charge is -2.18. The number of para-hydroxylation sites is 1. The van der Waals surface area contributed by atoms with E-state index in [2.05, 4.69) is 5.32 Å². The Morgan fingerprint density at radius 3 is 2.44 bits per heavy atom. The maximum absolute atomic E-state index is 13.3. The molecule has 1 aliphatic heterocycles. The van der Waals surface area contributed by atoms with Gasteiger partial charge in [0, 0.05) is 48.4 Å². The average Bonchev–Trinajstić information content (AvgIpc) is 3.46. The van der Waals surface area contributed by atoms with Crippen LogP contribution in [0.5, 0.6) is 11.5 Å². The summed E-state index contributed by atoms with van der Waals surface area (Å²) in [5, 5.41) is 3.86. The Bertz CT molecular complexity index is 1190. The van der Waals surface area contributed by atoms with Crippen LogP contribution in [0.15, 0.2) is 54.4 Å². The Balaban J connectivity index is 1.70. The van der Waals surface area contributed by atoms with Crippen molar-refractivity contribution in [2.75, 3.05) is 27.3 Å². The quantitative estimate of drug-likeness (QED) is 0.603. The van der Waals surface area contributed by atoms with Crippen LogP contribution in [0.1, 0.15) is 28.8 Å². The van der Waals surface area contributed by atoms with Gasteiger partial charge in [-0.3, -0.25) is 9.59 Å². The molecule has 0 bridgehead atoms. The van der Waals surface area contributed by atoms with Gasteiger partial charge in [-0.15, -0.1) is 0 Å². The van der Waals surface area contributed by atoms with Gasteiger partial charge in [0.1, 0.15) is 5.70 Å². The number of ether oxygens (including phenoxy) is 2. The molecule has 1 aromatic heterocycles. The summed E-state index contributed by atoms with van der Waals surface area (Å²) in [6.45, 7) is 1.38. The zero-order valence-corrected chi connectivity index (χ0v) is 18.6. The van der Waals surface area contributed by atoms with Gasteiger partial charge in [0.25, 0.3) is 11.8 Å². The lowest BCUT2D eigenvalue weighted by Crippen LogP contribution is -2.36. The highest BCUT2D eigenvalue weighted by atomic mass is 16.5. The SMILES string of the molecule is COc1ccc(C(=O)NC(=Cc2cn(C)c3ccccc23)C(=O)N2CCCC2)cc1OC. The molecule has 4 rings (SSSR count). The molecule has 0 atom stereocenters. The van der Waals surface area contributed by atoms with E-state index >= 15 is 0 Å². The fraction of sp³-hybridized carbons (Fsp3) is 0.280. The van der Waals surface area contributed by atoms with E-state index in [0.29, 0.717) is 30.2 Å². The van der Waals surface area contributed by atoms with Gasteiger partial charge in [0.15, 0.2) is 11.5 Å². The third-order valence-electron chi connectivity index (χ3n) is 5.75. The lowest BCUT2D eigenvalue weighted by molar-refractivity contribution is -0.126. The van der Waals surface area contributed by atoms with Crippen molar-refractivity contribution in [2.24, 2.45) is 7.05 Å². The highest BCUT2D eigenvalue weighted by Crippen LogP contribution is 2.28. The van der Waals surface area contributed by atoms with Gasteiger partial charge in [0.05, 0.1) is 14.2 Å². The molecular formula is C25H27N3O4. The van der Waals surface area contributed by atoms with Crippen molar-refractivity contribution in [3.8, 4) is 11.5 Å². The molecule has 166 valence electrons. The first-order valence-electron chi connectivity index (χ1n) is 10.6. The third kappa shape index (κ3) is 4.19. The first kappa shape index (κ1) is 21.5. The summed E-state index contributed by atoms with van der Waals surface area (Å²) >= 11 is 0. The minimum Gasteiger partial charge on any atom is -0.493 e. The number of aromatic nitrogens is 1. The number of nitrogens with one attached hydrogen (secondary N) is 1. The van der Waals surface area contributed by atoms with E-state index in [1.807, 2.05) is 42.1 Å². The van der Waals surface area contributed by atoms with Crippen LogP contribution in [0.25, 0.3) is 17.0 Å². The molecule has 3 aromatic rings. The fourth-order valence-electron chi connectivity index (χ4n) is 4.06. The molecule has 0 radical (unpaired) electrons. The number of amides is 2. The van der Waals surface area contributed by atoms with Gasteiger partial charge in [-0.2, -0.15) is 0 Å². The summed E-state index contributed by atoms with van der Waals surface area (Å²) in [6, 6.07) is 12.9. The van der Waals surface area contributed by atoms with E-state index in [9.17, 15) is 9.59 Å². The van der Waals surface area contributed by atoms with Gasteiger partial charge in [0.2, 0.25) is 0 Å². The molecule has 2 heterocycles. The summed E-state index contributed by atoms with van der Waals surface area (Å²) in [5.74, 6) is 0.420. The Kier molecular flexibility index (Phi) is 6.16. The molecule has 1 aliphatic rings. The molecule has 0 aliphatic carbocycles. The highest BCUT2D eigenvalue weighted by Gasteiger charge is 2.24. The van der Waals surface area contributed by atoms with Crippen molar-refractivity contribution >= 4 is 28.8 Å². The standard InChI is InChI=1S/C25H27N3O4/c1-27-16-18(19-8-4-5-9-21(19)27)14-20(25(30)28-12-6-7-13-28)26-24(29)17-10-11-22(31-2)23(15-17)32-3/h4-5,8-11,14-16H,6-7,12-13H2,1-3H3,(H,26,29). The predicted octanol–water partition coefficient (Wildman–Crippen LogP) is 3.59. The van der Waals surface area contributed by atoms with Crippen LogP contribution < -0.4 is 14.8 Å². The number of carbonyl (C=O) groups is 2. The van der Waals surface area contributed by atoms with E-state index in [1.165, 1.54) is 14.2 Å². The average molecular weight is 434 g/mol. The van der Waals surface area contributed by atoms with Crippen LogP contribution >= 0.6 is 0 Å². The number of benzene rings is 2. The van der Waals surface area contributed by atoms with Gasteiger partial charge < -0.3 is 24.3 Å². The summed E-state index contributed by atoms with van der Waals surface area (Å²) < 4.78 is 12.6. The smallest absolute Gasteiger partial charge is 0.270 e. The van der Waals surface area contributed by atoms with Gasteiger partial charge >= 0.3 is 0 Å². The molecule has 7 heteroatoms. The molecule has 2 aromatic carbocycles. The maximum Gasteiger partial charge on any atom is 0.270 e. The molecule has 2 amide bonds. The Labute approximate surface area is 187 Å². The topological polar surface area (TPSA) is 72.8 Å². The largest absolute Gasteiger partial charge is 0.493 e. The molecule has 0 spiro atoms. The molecule has 7 nitrogen and oxygen atoms in total. The number of methoxy groups -OCH3 is 2. The van der Waals surface area contributed by atoms with E-state index < -0.39 is 0 Å². The predicted molar refractivity (Wildman–Crippen MR) is 124 cm³/mol. The van der Waals surface area contributed by atoms with Crippen LogP contribution in [0.4, 0.5) is 0 Å². The molecule has 1 saturated heterocycles. The second kappa shape index (κ2) is 9.18. The van der Waals surface area contributed by atoms with E-state index in [4.69, 9.17) is 9.47 Å². The summed E-state index contributed by atoms with van der Waals surface area (Å²) in [4.78, 5) is 28.1. The lowest BCUT2D eigenvalue weighted by atomic mass is 10.1. The summed E-state index contributed by atoms with van der Waals surface area (Å²) in [6.07, 6.45) is 5.67. The third-order valence-corrected chi connectivity index (χ3v) is 5.75. The summed E-state index contributed by atoms with van der Waals surface area (Å²) in [5.41, 5.74) is 2.56. The fourth-order valence-corrected chi connectivity index (χ4v) is 4.06. The first-order chi connectivity index (χ1) is 15.5. The van der Waals surface area contributed by atoms with Crippen molar-refractivity contribution in [1.82, 2.24) is 14.8 Å². The number of likely N-dealkylation sites (tertiary alicyclic amines) is 1. The zero-order chi connectivity index (χ0) is 22.7. The zero-order valence-electron chi connectivity index (χ0n) is 18.6. The van der Waals surface area contributed by atoms with E-state index in [1.54, 1.807) is 29.2 Å². The Morgan fingerprint density at radius 2 is 1.72 bits per heavy atom. The normalized spacial score (nSPS) is 14.0. The second-order valence-electron chi connectivity index (χ2n) is 7.79. The minimum absolute atomic E-state index is 0.177. The number of hydrogen-bond donors (Lipinski definition) is 1. The maximum atomic E-state index is 13.3. The summed E-state index contributed by atoms with van der Waals surface area (Å²) in [7, 11) is 5.02. The van der Waals surface area contributed by atoms with Crippen LogP contribution in [-0.4, -0.2) is 48.6 Å². The molecule has 1 fully saturated rings. The van der Waals surface area contributed by atoms with Crippen LogP contribution in [0.2, 0.25) is 0 Å². The van der Waals surface area contributed by atoms with Crippen LogP contribution in [0.3, 0.4) is 0 Å². The highest BCUT2D eigenvalue weighted by molar-refractivity contribution is 6.06. The van der Waals surface area contributed by atoms with E-state index in [-0.39, 0.29) is 17.5 Å². The molecule has 1 N–H and O–H groups in total. The number of hydrogen-bond acceptors (Lipinski definition) is 4. The van der Waals surface area contributed by atoms with Gasteiger partial charge in [-0.1, -0.05) is 18.2 Å². The second-order valence-corrected chi connectivity index (χ2v) is 7.79. The number of carbonyl (C=O) groups excluding carboxylic acids is 2. The van der Waals surface area contributed by atoms with Crippen molar-refractivity contribution in [3.63, 3.8) is 0 Å². The van der Waals surface area contributed by atoms with Crippen molar-refractivity contribution in [2.45, 2.75) is 12.8 Å². The number of rotatable bonds is 6. The number of fused-ring (bicyclic) bond motifs is 1. The van der Waals surface area contributed by atoms with Crippen molar-refractivity contribution in [3.05, 3.63) is 65.5 Å². The Morgan fingerprint density at radius 1 is 1.00 bits per heavy atom. The van der Waals surface area contributed by atoms with Gasteiger partial charge in [-0.05, 0) is 43.2 Å². The molecule has 0 saturated carbocycles. The van der Waals surface area contributed by atoms with Gasteiger partial charge in [-0.25, -0.2) is 0 Å². The minimum atomic E-state index is -0.384. The van der Waals surface area contributed by atoms with Crippen LogP contribution in [-0.2, 0) is 11.8 Å². The van der Waals surface area contributed by atoms with E-state index in [0.717, 1.165) is 29.3 Å². The molecule has 0 unspecified atom stereocenters. The Hall–Kier alpha value is -3.74. The first-order valence-corrected chi connectivity index (χ1v) is 10.6.